The zero-order valence-electron chi connectivity index (χ0n) is 11.4. The molecule has 0 aliphatic heterocycles. The lowest BCUT2D eigenvalue weighted by Crippen LogP contribution is -2.37. The van der Waals surface area contributed by atoms with Gasteiger partial charge in [0.15, 0.2) is 0 Å². The first-order valence-corrected chi connectivity index (χ1v) is 6.96. The van der Waals surface area contributed by atoms with Crippen molar-refractivity contribution in [1.82, 2.24) is 10.6 Å². The van der Waals surface area contributed by atoms with Crippen LogP contribution >= 0.6 is 0 Å². The van der Waals surface area contributed by atoms with Crippen LogP contribution in [0.3, 0.4) is 0 Å². The van der Waals surface area contributed by atoms with E-state index in [2.05, 4.69) is 10.6 Å². The van der Waals surface area contributed by atoms with Crippen molar-refractivity contribution >= 4 is 5.91 Å². The Labute approximate surface area is 118 Å². The number of nitriles is 1. The number of carbonyl (C=O) groups excluding carboxylic acids is 1. The summed E-state index contributed by atoms with van der Waals surface area (Å²) in [5.74, 6) is 0.456. The number of amides is 1. The molecule has 0 saturated heterocycles. The second kappa shape index (κ2) is 7.39. The minimum atomic E-state index is -0.300. The van der Waals surface area contributed by atoms with Gasteiger partial charge in [0.1, 0.15) is 17.4 Å². The second-order valence-corrected chi connectivity index (χ2v) is 4.94. The highest BCUT2D eigenvalue weighted by atomic mass is 16.3. The molecule has 1 saturated carbocycles. The topological polar surface area (TPSA) is 78.1 Å². The molecule has 5 nitrogen and oxygen atoms in total. The summed E-state index contributed by atoms with van der Waals surface area (Å²) in [7, 11) is 0. The molecule has 20 heavy (non-hydrogen) atoms. The predicted octanol–water partition coefficient (Wildman–Crippen LogP) is 2.23. The first kappa shape index (κ1) is 14.2. The number of rotatable bonds is 5. The Hall–Kier alpha value is -2.22. The maximum atomic E-state index is 12.0. The van der Waals surface area contributed by atoms with Crippen molar-refractivity contribution in [2.75, 3.05) is 0 Å². The summed E-state index contributed by atoms with van der Waals surface area (Å²) >= 11 is 0. The molecule has 0 aromatic carbocycles. The summed E-state index contributed by atoms with van der Waals surface area (Å²) in [4.78, 5) is 12.0. The van der Waals surface area contributed by atoms with Crippen molar-refractivity contribution in [3.05, 3.63) is 35.9 Å². The number of nitrogens with zero attached hydrogens (tertiary/aromatic N) is 1. The maximum Gasteiger partial charge on any atom is 0.263 e. The van der Waals surface area contributed by atoms with Crippen LogP contribution in [0.5, 0.6) is 0 Å². The molecule has 1 amide bonds. The summed E-state index contributed by atoms with van der Waals surface area (Å²) in [6.07, 6.45) is 8.57. The fourth-order valence-electron chi connectivity index (χ4n) is 2.33. The third kappa shape index (κ3) is 4.16. The maximum absolute atomic E-state index is 12.0. The molecule has 1 aliphatic carbocycles. The zero-order chi connectivity index (χ0) is 14.2. The lowest BCUT2D eigenvalue weighted by atomic mass is 9.95. The van der Waals surface area contributed by atoms with Gasteiger partial charge in [-0.2, -0.15) is 5.26 Å². The first-order valence-electron chi connectivity index (χ1n) is 6.96. The number of hydrogen-bond donors (Lipinski definition) is 2. The SMILES string of the molecule is N#C/C(=C/NCc1ccco1)C(=O)NC1CCCCC1. The standard InChI is InChI=1S/C15H19N3O2/c16-9-12(10-17-11-14-7-4-8-20-14)15(19)18-13-5-2-1-3-6-13/h4,7-8,10,13,17H,1-3,5-6,11H2,(H,18,19)/b12-10-. The van der Waals surface area contributed by atoms with E-state index in [1.807, 2.05) is 12.1 Å². The molecule has 0 radical (unpaired) electrons. The molecule has 1 aliphatic rings. The summed E-state index contributed by atoms with van der Waals surface area (Å²) in [6.45, 7) is 0.453. The molecule has 2 N–H and O–H groups in total. The van der Waals surface area contributed by atoms with E-state index in [0.29, 0.717) is 6.54 Å². The van der Waals surface area contributed by atoms with Gasteiger partial charge >= 0.3 is 0 Å². The van der Waals surface area contributed by atoms with Gasteiger partial charge in [0.05, 0.1) is 12.8 Å². The molecule has 0 spiro atoms. The van der Waals surface area contributed by atoms with Gasteiger partial charge in [0.25, 0.3) is 5.91 Å². The van der Waals surface area contributed by atoms with E-state index in [0.717, 1.165) is 31.4 Å². The highest BCUT2D eigenvalue weighted by Gasteiger charge is 2.17. The largest absolute Gasteiger partial charge is 0.467 e. The molecule has 1 aromatic heterocycles. The van der Waals surface area contributed by atoms with E-state index >= 15 is 0 Å². The van der Waals surface area contributed by atoms with Gasteiger partial charge in [-0.15, -0.1) is 0 Å². The molecule has 1 aromatic rings. The Morgan fingerprint density at radius 3 is 2.90 bits per heavy atom. The van der Waals surface area contributed by atoms with Crippen LogP contribution in [0.1, 0.15) is 37.9 Å². The van der Waals surface area contributed by atoms with Crippen molar-refractivity contribution in [3.8, 4) is 6.07 Å². The van der Waals surface area contributed by atoms with Crippen molar-refractivity contribution in [2.24, 2.45) is 0 Å². The van der Waals surface area contributed by atoms with Gasteiger partial charge in [-0.25, -0.2) is 0 Å². The molecule has 0 atom stereocenters. The summed E-state index contributed by atoms with van der Waals surface area (Å²) in [6, 6.07) is 5.76. The van der Waals surface area contributed by atoms with Gasteiger partial charge in [-0.1, -0.05) is 19.3 Å². The van der Waals surface area contributed by atoms with Crippen LogP contribution in [0.2, 0.25) is 0 Å². The van der Waals surface area contributed by atoms with Crippen molar-refractivity contribution in [2.45, 2.75) is 44.7 Å². The van der Waals surface area contributed by atoms with Gasteiger partial charge in [-0.3, -0.25) is 4.79 Å². The van der Waals surface area contributed by atoms with Crippen molar-refractivity contribution in [1.29, 1.82) is 5.26 Å². The van der Waals surface area contributed by atoms with E-state index in [4.69, 9.17) is 9.68 Å². The van der Waals surface area contributed by atoms with Crippen LogP contribution in [0, 0.1) is 11.3 Å². The van der Waals surface area contributed by atoms with Crippen LogP contribution in [0.25, 0.3) is 0 Å². The molecule has 1 fully saturated rings. The Bertz CT molecular complexity index is 494. The van der Waals surface area contributed by atoms with E-state index in [1.54, 1.807) is 12.3 Å². The quantitative estimate of drug-likeness (QED) is 0.637. The van der Waals surface area contributed by atoms with Crippen LogP contribution in [0.15, 0.2) is 34.6 Å². The fourth-order valence-corrected chi connectivity index (χ4v) is 2.33. The number of hydrogen-bond acceptors (Lipinski definition) is 4. The summed E-state index contributed by atoms with van der Waals surface area (Å²) in [5, 5.41) is 14.9. The minimum Gasteiger partial charge on any atom is -0.467 e. The lowest BCUT2D eigenvalue weighted by molar-refractivity contribution is -0.118. The second-order valence-electron chi connectivity index (χ2n) is 4.94. The molecular weight excluding hydrogens is 254 g/mol. The van der Waals surface area contributed by atoms with E-state index < -0.39 is 0 Å². The molecule has 0 unspecified atom stereocenters. The van der Waals surface area contributed by atoms with Crippen LogP contribution in [-0.4, -0.2) is 11.9 Å². The number of nitrogens with one attached hydrogen (secondary N) is 2. The monoisotopic (exact) mass is 273 g/mol. The van der Waals surface area contributed by atoms with Crippen molar-refractivity contribution < 1.29 is 9.21 Å². The number of carbonyl (C=O) groups is 1. The van der Waals surface area contributed by atoms with E-state index in [1.165, 1.54) is 12.6 Å². The van der Waals surface area contributed by atoms with Crippen LogP contribution in [0.4, 0.5) is 0 Å². The molecule has 2 rings (SSSR count). The van der Waals surface area contributed by atoms with Gasteiger partial charge in [-0.05, 0) is 25.0 Å². The molecular formula is C15H19N3O2. The summed E-state index contributed by atoms with van der Waals surface area (Å²) in [5.41, 5.74) is 0.0992. The van der Waals surface area contributed by atoms with Gasteiger partial charge in [0, 0.05) is 12.2 Å². The minimum absolute atomic E-state index is 0.0992. The Balaban J connectivity index is 1.83. The van der Waals surface area contributed by atoms with E-state index in [9.17, 15) is 4.79 Å². The lowest BCUT2D eigenvalue weighted by Gasteiger charge is -2.22. The van der Waals surface area contributed by atoms with Crippen LogP contribution in [-0.2, 0) is 11.3 Å². The summed E-state index contributed by atoms with van der Waals surface area (Å²) < 4.78 is 5.16. The fraction of sp³-hybridized carbons (Fsp3) is 0.467. The smallest absolute Gasteiger partial charge is 0.263 e. The Morgan fingerprint density at radius 1 is 1.45 bits per heavy atom. The highest BCUT2D eigenvalue weighted by molar-refractivity contribution is 5.97. The third-order valence-electron chi connectivity index (χ3n) is 3.41. The van der Waals surface area contributed by atoms with Crippen LogP contribution < -0.4 is 10.6 Å². The molecule has 1 heterocycles. The molecule has 5 heteroatoms. The average molecular weight is 273 g/mol. The predicted molar refractivity (Wildman–Crippen MR) is 74.3 cm³/mol. The normalized spacial score (nSPS) is 16.4. The zero-order valence-corrected chi connectivity index (χ0v) is 11.4. The van der Waals surface area contributed by atoms with Gasteiger partial charge < -0.3 is 15.1 Å². The highest BCUT2D eigenvalue weighted by Crippen LogP contribution is 2.17. The Kier molecular flexibility index (Phi) is 5.24. The number of furan rings is 1. The molecule has 0 bridgehead atoms. The molecule has 106 valence electrons. The third-order valence-corrected chi connectivity index (χ3v) is 3.41. The Morgan fingerprint density at radius 2 is 2.25 bits per heavy atom. The van der Waals surface area contributed by atoms with Gasteiger partial charge in [0.2, 0.25) is 0 Å². The van der Waals surface area contributed by atoms with Crippen molar-refractivity contribution in [3.63, 3.8) is 0 Å². The average Bonchev–Trinajstić information content (AvgIpc) is 2.98. The van der Waals surface area contributed by atoms with E-state index in [-0.39, 0.29) is 17.5 Å². The first-order chi connectivity index (χ1) is 9.79.